The maximum absolute atomic E-state index is 9.64. The van der Waals surface area contributed by atoms with Crippen LogP contribution in [0.1, 0.15) is 50.7 Å². The summed E-state index contributed by atoms with van der Waals surface area (Å²) in [6.07, 6.45) is 3.91. The zero-order valence-electron chi connectivity index (χ0n) is 19.9. The maximum atomic E-state index is 9.64. The molecule has 0 atom stereocenters. The highest BCUT2D eigenvalue weighted by Gasteiger charge is 2.16. The first-order chi connectivity index (χ1) is 15.2. The van der Waals surface area contributed by atoms with Gasteiger partial charge in [-0.25, -0.2) is 4.99 Å². The second kappa shape index (κ2) is 18.5. The van der Waals surface area contributed by atoms with Gasteiger partial charge in [-0.3, -0.25) is 4.90 Å². The summed E-state index contributed by atoms with van der Waals surface area (Å²) >= 11 is 0. The molecule has 0 bridgehead atoms. The van der Waals surface area contributed by atoms with E-state index in [0.29, 0.717) is 32.9 Å². The number of aliphatic hydroxyl groups is 1. The second-order valence-electron chi connectivity index (χ2n) is 8.02. The number of likely N-dealkylation sites (tertiary alicyclic amines) is 1. The third-order valence-electron chi connectivity index (χ3n) is 5.30. The Morgan fingerprint density at radius 2 is 1.66 bits per heavy atom. The summed E-state index contributed by atoms with van der Waals surface area (Å²) in [4.78, 5) is 7.09. The van der Waals surface area contributed by atoms with Gasteiger partial charge in [-0.05, 0) is 37.3 Å². The Morgan fingerprint density at radius 1 is 1.00 bits per heavy atom. The minimum atomic E-state index is -0.118. The minimum Gasteiger partial charge on any atom is -0.393 e. The van der Waals surface area contributed by atoms with Crippen LogP contribution >= 0.6 is 24.0 Å². The van der Waals surface area contributed by atoms with Crippen LogP contribution in [-0.4, -0.2) is 74.7 Å². The van der Waals surface area contributed by atoms with E-state index in [2.05, 4.69) is 58.6 Å². The van der Waals surface area contributed by atoms with Crippen LogP contribution in [0.2, 0.25) is 0 Å². The van der Waals surface area contributed by atoms with Crippen molar-refractivity contribution in [1.82, 2.24) is 15.5 Å². The van der Waals surface area contributed by atoms with Crippen molar-refractivity contribution in [2.45, 2.75) is 58.7 Å². The molecular formula is C24H43IN4O3. The van der Waals surface area contributed by atoms with Gasteiger partial charge in [0.05, 0.1) is 32.5 Å². The molecule has 184 valence electrons. The summed E-state index contributed by atoms with van der Waals surface area (Å²) in [6.45, 7) is 12.0. The van der Waals surface area contributed by atoms with Gasteiger partial charge < -0.3 is 25.2 Å². The molecule has 32 heavy (non-hydrogen) atoms. The molecule has 7 nitrogen and oxygen atoms in total. The van der Waals surface area contributed by atoms with Crippen LogP contribution in [0.15, 0.2) is 29.3 Å². The Morgan fingerprint density at radius 3 is 2.31 bits per heavy atom. The fourth-order valence-electron chi connectivity index (χ4n) is 3.41. The average Bonchev–Trinajstić information content (AvgIpc) is 2.79. The average molecular weight is 563 g/mol. The lowest BCUT2D eigenvalue weighted by Gasteiger charge is -2.29. The molecule has 3 N–H and O–H groups in total. The van der Waals surface area contributed by atoms with Crippen molar-refractivity contribution < 1.29 is 14.6 Å². The van der Waals surface area contributed by atoms with Gasteiger partial charge in [0.2, 0.25) is 0 Å². The fraction of sp³-hybridized carbons (Fsp3) is 0.708. The molecular weight excluding hydrogens is 519 g/mol. The number of unbranched alkanes of at least 4 members (excludes halogenated alkanes) is 1. The first-order valence-corrected chi connectivity index (χ1v) is 11.9. The summed E-state index contributed by atoms with van der Waals surface area (Å²) in [6, 6.07) is 8.69. The van der Waals surface area contributed by atoms with Crippen LogP contribution in [0.4, 0.5) is 0 Å². The molecule has 0 saturated carbocycles. The van der Waals surface area contributed by atoms with Crippen molar-refractivity contribution in [2.24, 2.45) is 4.99 Å². The third kappa shape index (κ3) is 12.9. The number of aliphatic imine (C=N–C) groups is 1. The van der Waals surface area contributed by atoms with Gasteiger partial charge in [0.15, 0.2) is 5.96 Å². The first-order valence-electron chi connectivity index (χ1n) is 11.9. The maximum Gasteiger partial charge on any atom is 0.191 e. The van der Waals surface area contributed by atoms with E-state index in [1.807, 2.05) is 0 Å². The summed E-state index contributed by atoms with van der Waals surface area (Å²) in [5.41, 5.74) is 2.50. The molecule has 1 heterocycles. The van der Waals surface area contributed by atoms with Crippen LogP contribution in [0.25, 0.3) is 0 Å². The Kier molecular flexibility index (Phi) is 16.8. The van der Waals surface area contributed by atoms with E-state index in [4.69, 9.17) is 9.47 Å². The predicted molar refractivity (Wildman–Crippen MR) is 142 cm³/mol. The van der Waals surface area contributed by atoms with Gasteiger partial charge in [-0.2, -0.15) is 0 Å². The summed E-state index contributed by atoms with van der Waals surface area (Å²) < 4.78 is 11.1. The molecule has 1 aromatic carbocycles. The highest BCUT2D eigenvalue weighted by atomic mass is 127. The van der Waals surface area contributed by atoms with E-state index in [1.165, 1.54) is 11.1 Å². The van der Waals surface area contributed by atoms with Gasteiger partial charge in [-0.1, -0.05) is 37.6 Å². The molecule has 0 spiro atoms. The van der Waals surface area contributed by atoms with Crippen LogP contribution in [0.5, 0.6) is 0 Å². The van der Waals surface area contributed by atoms with E-state index in [1.54, 1.807) is 0 Å². The number of piperidine rings is 1. The van der Waals surface area contributed by atoms with Gasteiger partial charge in [0.1, 0.15) is 0 Å². The van der Waals surface area contributed by atoms with Crippen molar-refractivity contribution in [2.75, 3.05) is 52.6 Å². The molecule has 1 saturated heterocycles. The zero-order valence-corrected chi connectivity index (χ0v) is 22.2. The van der Waals surface area contributed by atoms with Crippen molar-refractivity contribution in [3.8, 4) is 0 Å². The molecule has 1 aliphatic rings. The number of halogens is 1. The van der Waals surface area contributed by atoms with Crippen molar-refractivity contribution in [1.29, 1.82) is 0 Å². The molecule has 0 aliphatic carbocycles. The molecule has 2 rings (SSSR count). The molecule has 0 radical (unpaired) electrons. The molecule has 8 heteroatoms. The second-order valence-corrected chi connectivity index (χ2v) is 8.02. The number of benzene rings is 1. The van der Waals surface area contributed by atoms with E-state index >= 15 is 0 Å². The topological polar surface area (TPSA) is 78.4 Å². The fourth-order valence-corrected chi connectivity index (χ4v) is 3.41. The molecule has 1 aliphatic heterocycles. The SMILES string of the molecule is CCCCOCCOCCNC(=NCc1ccc(CN2CCC(O)CC2)cc1)NCC.I. The number of hydrogen-bond donors (Lipinski definition) is 3. The quantitative estimate of drug-likeness (QED) is 0.140. The van der Waals surface area contributed by atoms with E-state index < -0.39 is 0 Å². The lowest BCUT2D eigenvalue weighted by molar-refractivity contribution is 0.0487. The highest BCUT2D eigenvalue weighted by molar-refractivity contribution is 14.0. The summed E-state index contributed by atoms with van der Waals surface area (Å²) in [5, 5.41) is 16.2. The van der Waals surface area contributed by atoms with Crippen LogP contribution in [0, 0.1) is 0 Å². The molecule has 1 aromatic rings. The van der Waals surface area contributed by atoms with Gasteiger partial charge >= 0.3 is 0 Å². The number of ether oxygens (including phenoxy) is 2. The molecule has 0 unspecified atom stereocenters. The molecule has 1 fully saturated rings. The minimum absolute atomic E-state index is 0. The first kappa shape index (κ1) is 29.1. The lowest BCUT2D eigenvalue weighted by Crippen LogP contribution is -2.39. The van der Waals surface area contributed by atoms with Crippen LogP contribution < -0.4 is 10.6 Å². The molecule has 0 aromatic heterocycles. The smallest absolute Gasteiger partial charge is 0.191 e. The third-order valence-corrected chi connectivity index (χ3v) is 5.30. The van der Waals surface area contributed by atoms with Gasteiger partial charge in [0, 0.05) is 39.3 Å². The van der Waals surface area contributed by atoms with Crippen LogP contribution in [0.3, 0.4) is 0 Å². The Labute approximate surface area is 211 Å². The predicted octanol–water partition coefficient (Wildman–Crippen LogP) is 3.15. The largest absolute Gasteiger partial charge is 0.393 e. The number of nitrogens with one attached hydrogen (secondary N) is 2. The highest BCUT2D eigenvalue weighted by Crippen LogP contribution is 2.14. The lowest BCUT2D eigenvalue weighted by atomic mass is 10.1. The number of nitrogens with zero attached hydrogens (tertiary/aromatic N) is 2. The van der Waals surface area contributed by atoms with E-state index in [0.717, 1.165) is 64.4 Å². The normalized spacial score (nSPS) is 15.4. The Bertz CT molecular complexity index is 608. The van der Waals surface area contributed by atoms with Crippen molar-refractivity contribution in [3.05, 3.63) is 35.4 Å². The number of guanidine groups is 1. The number of hydrogen-bond acceptors (Lipinski definition) is 5. The Hall–Kier alpha value is -0.940. The number of rotatable bonds is 14. The van der Waals surface area contributed by atoms with E-state index in [-0.39, 0.29) is 30.1 Å². The zero-order chi connectivity index (χ0) is 22.2. The summed E-state index contributed by atoms with van der Waals surface area (Å²) in [5.74, 6) is 0.807. The summed E-state index contributed by atoms with van der Waals surface area (Å²) in [7, 11) is 0. The van der Waals surface area contributed by atoms with Crippen molar-refractivity contribution >= 4 is 29.9 Å². The number of aliphatic hydroxyl groups excluding tert-OH is 1. The van der Waals surface area contributed by atoms with Crippen LogP contribution in [-0.2, 0) is 22.6 Å². The van der Waals surface area contributed by atoms with Crippen molar-refractivity contribution in [3.63, 3.8) is 0 Å². The van der Waals surface area contributed by atoms with E-state index in [9.17, 15) is 5.11 Å². The van der Waals surface area contributed by atoms with Gasteiger partial charge in [-0.15, -0.1) is 24.0 Å². The van der Waals surface area contributed by atoms with Gasteiger partial charge in [0.25, 0.3) is 0 Å². The standard InChI is InChI=1S/C24H42N4O3.HI/c1-3-5-15-30-17-18-31-16-12-26-24(25-4-2)27-19-21-6-8-22(9-7-21)20-28-13-10-23(29)11-14-28;/h6-9,23,29H,3-5,10-20H2,1-2H3,(H2,25,26,27);1H. The molecule has 0 amide bonds. The monoisotopic (exact) mass is 562 g/mol. The Balaban J connectivity index is 0.00000512.